The molecule has 0 aliphatic carbocycles. The van der Waals surface area contributed by atoms with Gasteiger partial charge in [0.1, 0.15) is 0 Å². The van der Waals surface area contributed by atoms with Crippen LogP contribution >= 0.6 is 0 Å². The molecular formula is C12H25N3O. The highest BCUT2D eigenvalue weighted by molar-refractivity contribution is 5.83. The molecule has 1 heterocycles. The van der Waals surface area contributed by atoms with Crippen LogP contribution in [0.4, 0.5) is 0 Å². The SMILES string of the molecule is CCC1CCN(CCCC(C)(N)C(N)=O)C1. The summed E-state index contributed by atoms with van der Waals surface area (Å²) in [5.41, 5.74) is 10.2. The Bertz CT molecular complexity index is 240. The predicted octanol–water partition coefficient (Wildman–Crippen LogP) is 0.701. The average molecular weight is 227 g/mol. The molecule has 1 fully saturated rings. The van der Waals surface area contributed by atoms with Crippen LogP contribution in [0, 0.1) is 5.92 Å². The van der Waals surface area contributed by atoms with E-state index in [1.807, 2.05) is 0 Å². The number of amides is 1. The normalized spacial score (nSPS) is 25.6. The van der Waals surface area contributed by atoms with Crippen LogP contribution < -0.4 is 11.5 Å². The number of primary amides is 1. The van der Waals surface area contributed by atoms with E-state index in [9.17, 15) is 4.79 Å². The van der Waals surface area contributed by atoms with E-state index < -0.39 is 11.4 Å². The second-order valence-corrected chi connectivity index (χ2v) is 5.25. The Morgan fingerprint density at radius 1 is 1.56 bits per heavy atom. The van der Waals surface area contributed by atoms with Crippen LogP contribution in [0.5, 0.6) is 0 Å². The van der Waals surface area contributed by atoms with Gasteiger partial charge in [-0.15, -0.1) is 0 Å². The number of rotatable bonds is 6. The van der Waals surface area contributed by atoms with Crippen LogP contribution in [0.25, 0.3) is 0 Å². The van der Waals surface area contributed by atoms with Crippen molar-refractivity contribution in [3.63, 3.8) is 0 Å². The lowest BCUT2D eigenvalue weighted by molar-refractivity contribution is -0.122. The second-order valence-electron chi connectivity index (χ2n) is 5.25. The fraction of sp³-hybridized carbons (Fsp3) is 0.917. The maximum atomic E-state index is 11.0. The highest BCUT2D eigenvalue weighted by atomic mass is 16.1. The smallest absolute Gasteiger partial charge is 0.237 e. The lowest BCUT2D eigenvalue weighted by Gasteiger charge is -2.22. The van der Waals surface area contributed by atoms with Crippen molar-refractivity contribution in [3.05, 3.63) is 0 Å². The highest BCUT2D eigenvalue weighted by Crippen LogP contribution is 2.19. The Morgan fingerprint density at radius 2 is 2.25 bits per heavy atom. The highest BCUT2D eigenvalue weighted by Gasteiger charge is 2.26. The average Bonchev–Trinajstić information content (AvgIpc) is 2.65. The molecule has 1 aliphatic heterocycles. The van der Waals surface area contributed by atoms with Crippen molar-refractivity contribution in [3.8, 4) is 0 Å². The van der Waals surface area contributed by atoms with Crippen LogP contribution in [-0.4, -0.2) is 36.0 Å². The van der Waals surface area contributed by atoms with E-state index in [4.69, 9.17) is 11.5 Å². The zero-order chi connectivity index (χ0) is 12.2. The molecule has 1 rings (SSSR count). The molecule has 1 aliphatic rings. The molecule has 4 nitrogen and oxygen atoms in total. The van der Waals surface area contributed by atoms with Crippen molar-refractivity contribution >= 4 is 5.91 Å². The van der Waals surface area contributed by atoms with E-state index in [2.05, 4.69) is 11.8 Å². The summed E-state index contributed by atoms with van der Waals surface area (Å²) in [7, 11) is 0. The number of nitrogens with two attached hydrogens (primary N) is 2. The molecule has 0 spiro atoms. The van der Waals surface area contributed by atoms with Gasteiger partial charge in [0, 0.05) is 6.54 Å². The molecule has 1 amide bonds. The molecule has 0 aromatic heterocycles. The predicted molar refractivity (Wildman–Crippen MR) is 65.9 cm³/mol. The first-order valence-electron chi connectivity index (χ1n) is 6.27. The second kappa shape index (κ2) is 5.64. The first-order valence-corrected chi connectivity index (χ1v) is 6.27. The number of carbonyl (C=O) groups is 1. The van der Waals surface area contributed by atoms with Crippen molar-refractivity contribution in [1.29, 1.82) is 0 Å². The van der Waals surface area contributed by atoms with E-state index in [1.165, 1.54) is 25.9 Å². The molecule has 0 aromatic carbocycles. The summed E-state index contributed by atoms with van der Waals surface area (Å²) in [5, 5.41) is 0. The maximum Gasteiger partial charge on any atom is 0.237 e. The molecule has 2 atom stereocenters. The van der Waals surface area contributed by atoms with Crippen LogP contribution in [0.1, 0.15) is 39.5 Å². The van der Waals surface area contributed by atoms with Crippen LogP contribution in [0.2, 0.25) is 0 Å². The third kappa shape index (κ3) is 3.76. The number of likely N-dealkylation sites (tertiary alicyclic amines) is 1. The summed E-state index contributed by atoms with van der Waals surface area (Å²) in [6.07, 6.45) is 4.21. The molecule has 4 N–H and O–H groups in total. The summed E-state index contributed by atoms with van der Waals surface area (Å²) in [6, 6.07) is 0. The molecule has 94 valence electrons. The Kier molecular flexibility index (Phi) is 4.74. The van der Waals surface area contributed by atoms with E-state index in [-0.39, 0.29) is 0 Å². The zero-order valence-corrected chi connectivity index (χ0v) is 10.5. The number of hydrogen-bond acceptors (Lipinski definition) is 3. The number of hydrogen-bond donors (Lipinski definition) is 2. The van der Waals surface area contributed by atoms with Gasteiger partial charge in [-0.05, 0) is 45.2 Å². The van der Waals surface area contributed by atoms with Gasteiger partial charge < -0.3 is 16.4 Å². The summed E-state index contributed by atoms with van der Waals surface area (Å²) in [6.45, 7) is 7.40. The largest absolute Gasteiger partial charge is 0.368 e. The Hall–Kier alpha value is -0.610. The maximum absolute atomic E-state index is 11.0. The van der Waals surface area contributed by atoms with Gasteiger partial charge in [0.05, 0.1) is 5.54 Å². The van der Waals surface area contributed by atoms with Crippen LogP contribution in [0.15, 0.2) is 0 Å². The third-order valence-electron chi connectivity index (χ3n) is 3.68. The van der Waals surface area contributed by atoms with Crippen molar-refractivity contribution in [2.45, 2.75) is 45.1 Å². The first kappa shape index (κ1) is 13.5. The van der Waals surface area contributed by atoms with Gasteiger partial charge in [0.25, 0.3) is 0 Å². The summed E-state index contributed by atoms with van der Waals surface area (Å²) in [4.78, 5) is 13.5. The lowest BCUT2D eigenvalue weighted by atomic mass is 9.96. The van der Waals surface area contributed by atoms with Gasteiger partial charge in [-0.25, -0.2) is 0 Å². The first-order chi connectivity index (χ1) is 7.45. The molecule has 2 unspecified atom stereocenters. The zero-order valence-electron chi connectivity index (χ0n) is 10.5. The fourth-order valence-electron chi connectivity index (χ4n) is 2.24. The minimum absolute atomic E-state index is 0.402. The van der Waals surface area contributed by atoms with Crippen molar-refractivity contribution in [1.82, 2.24) is 4.90 Å². The molecule has 0 radical (unpaired) electrons. The lowest BCUT2D eigenvalue weighted by Crippen LogP contribution is -2.49. The van der Waals surface area contributed by atoms with Crippen LogP contribution in [0.3, 0.4) is 0 Å². The topological polar surface area (TPSA) is 72.3 Å². The van der Waals surface area contributed by atoms with Gasteiger partial charge in [0.2, 0.25) is 5.91 Å². The minimum Gasteiger partial charge on any atom is -0.368 e. The summed E-state index contributed by atoms with van der Waals surface area (Å²) in [5.74, 6) is 0.459. The molecule has 0 saturated carbocycles. The third-order valence-corrected chi connectivity index (χ3v) is 3.68. The van der Waals surface area contributed by atoms with Crippen molar-refractivity contribution in [2.24, 2.45) is 17.4 Å². The Balaban J connectivity index is 2.19. The number of nitrogens with zero attached hydrogens (tertiary/aromatic N) is 1. The van der Waals surface area contributed by atoms with Gasteiger partial charge in [0.15, 0.2) is 0 Å². The fourth-order valence-corrected chi connectivity index (χ4v) is 2.24. The minimum atomic E-state index is -0.843. The van der Waals surface area contributed by atoms with Gasteiger partial charge in [-0.2, -0.15) is 0 Å². The van der Waals surface area contributed by atoms with Gasteiger partial charge in [-0.3, -0.25) is 4.79 Å². The quantitative estimate of drug-likeness (QED) is 0.701. The van der Waals surface area contributed by atoms with Crippen molar-refractivity contribution in [2.75, 3.05) is 19.6 Å². The standard InChI is InChI=1S/C12H25N3O/c1-3-10-5-8-15(9-10)7-4-6-12(2,14)11(13)16/h10H,3-9,14H2,1-2H3,(H2,13,16). The van der Waals surface area contributed by atoms with E-state index in [0.29, 0.717) is 6.42 Å². The molecule has 0 bridgehead atoms. The van der Waals surface area contributed by atoms with Crippen LogP contribution in [-0.2, 0) is 4.79 Å². The van der Waals surface area contributed by atoms with Gasteiger partial charge in [-0.1, -0.05) is 13.3 Å². The molecular weight excluding hydrogens is 202 g/mol. The molecule has 4 heteroatoms. The molecule has 16 heavy (non-hydrogen) atoms. The Morgan fingerprint density at radius 3 is 2.75 bits per heavy atom. The monoisotopic (exact) mass is 227 g/mol. The van der Waals surface area contributed by atoms with Gasteiger partial charge >= 0.3 is 0 Å². The van der Waals surface area contributed by atoms with Crippen molar-refractivity contribution < 1.29 is 4.79 Å². The summed E-state index contributed by atoms with van der Waals surface area (Å²) >= 11 is 0. The summed E-state index contributed by atoms with van der Waals surface area (Å²) < 4.78 is 0. The van der Waals surface area contributed by atoms with E-state index >= 15 is 0 Å². The molecule has 1 saturated heterocycles. The van der Waals surface area contributed by atoms with E-state index in [1.54, 1.807) is 6.92 Å². The van der Waals surface area contributed by atoms with E-state index in [0.717, 1.165) is 18.9 Å². The number of carbonyl (C=O) groups excluding carboxylic acids is 1. The Labute approximate surface area is 98.3 Å². The molecule has 0 aromatic rings.